The van der Waals surface area contributed by atoms with Crippen molar-refractivity contribution >= 4 is 11.6 Å². The van der Waals surface area contributed by atoms with E-state index < -0.39 is 0 Å². The summed E-state index contributed by atoms with van der Waals surface area (Å²) in [6.07, 6.45) is 1.52. The van der Waals surface area contributed by atoms with Crippen LogP contribution in [0.4, 0.5) is 5.69 Å². The van der Waals surface area contributed by atoms with Gasteiger partial charge in [0.1, 0.15) is 0 Å². The van der Waals surface area contributed by atoms with Gasteiger partial charge in [0.05, 0.1) is 11.6 Å². The maximum atomic E-state index is 12.2. The number of nitrogens with two attached hydrogens (primary N) is 1. The largest absolute Gasteiger partial charge is 0.398 e. The number of hydrogen-bond donors (Lipinski definition) is 2. The molecule has 0 aliphatic carbocycles. The topological polar surface area (TPSA) is 68.0 Å². The highest BCUT2D eigenvalue weighted by atomic mass is 16.1. The highest BCUT2D eigenvalue weighted by molar-refractivity contribution is 5.99. The first-order valence-corrected chi connectivity index (χ1v) is 6.57. The molecule has 3 N–H and O–H groups in total. The molecule has 0 saturated carbocycles. The minimum Gasteiger partial charge on any atom is -0.398 e. The normalized spacial score (nSPS) is 11.9. The number of anilines is 1. The third kappa shape index (κ3) is 2.96. The molecular weight excluding hydrogens is 250 g/mol. The predicted molar refractivity (Wildman–Crippen MR) is 80.4 cm³/mol. The minimum atomic E-state index is -0.203. The van der Waals surface area contributed by atoms with E-state index in [1.807, 2.05) is 45.0 Å². The summed E-state index contributed by atoms with van der Waals surface area (Å²) in [5.41, 5.74) is 9.77. The van der Waals surface area contributed by atoms with E-state index in [9.17, 15) is 4.79 Å². The van der Waals surface area contributed by atoms with Crippen LogP contribution in [0.25, 0.3) is 0 Å². The Bertz CT molecular complexity index is 637. The Morgan fingerprint density at radius 3 is 2.65 bits per heavy atom. The molecule has 1 aromatic carbocycles. The smallest absolute Gasteiger partial charge is 0.255 e. The molecule has 1 unspecified atom stereocenters. The number of nitrogens with one attached hydrogen (secondary N) is 1. The Balaban J connectivity index is 2.17. The number of aryl methyl sites for hydroxylation is 2. The van der Waals surface area contributed by atoms with Crippen LogP contribution < -0.4 is 11.1 Å². The summed E-state index contributed by atoms with van der Waals surface area (Å²) in [5.74, 6) is -0.203. The standard InChI is InChI=1S/C16H19N3O/c1-10-6-4-5-7-13(10)12(3)19-16(20)14-9-18-11(2)8-15(14)17/h4-9,12H,1-3H3,(H2,17,18)(H,19,20). The molecule has 20 heavy (non-hydrogen) atoms. The first kappa shape index (κ1) is 14.1. The molecule has 0 saturated heterocycles. The third-order valence-corrected chi connectivity index (χ3v) is 3.32. The Kier molecular flexibility index (Phi) is 4.03. The Labute approximate surface area is 119 Å². The van der Waals surface area contributed by atoms with Crippen molar-refractivity contribution < 1.29 is 4.79 Å². The zero-order valence-electron chi connectivity index (χ0n) is 12.0. The average Bonchev–Trinajstić information content (AvgIpc) is 2.38. The first-order chi connectivity index (χ1) is 9.49. The number of amides is 1. The fraction of sp³-hybridized carbons (Fsp3) is 0.250. The van der Waals surface area contributed by atoms with Gasteiger partial charge in [0, 0.05) is 17.6 Å². The van der Waals surface area contributed by atoms with Crippen LogP contribution in [-0.4, -0.2) is 10.9 Å². The van der Waals surface area contributed by atoms with Crippen LogP contribution in [0.15, 0.2) is 36.5 Å². The molecule has 4 nitrogen and oxygen atoms in total. The van der Waals surface area contributed by atoms with Crippen LogP contribution in [0.2, 0.25) is 0 Å². The van der Waals surface area contributed by atoms with Crippen LogP contribution in [0.3, 0.4) is 0 Å². The molecule has 1 heterocycles. The number of rotatable bonds is 3. The van der Waals surface area contributed by atoms with Crippen molar-refractivity contribution in [3.63, 3.8) is 0 Å². The number of pyridine rings is 1. The second-order valence-electron chi connectivity index (χ2n) is 4.96. The first-order valence-electron chi connectivity index (χ1n) is 6.57. The van der Waals surface area contributed by atoms with Gasteiger partial charge in [-0.15, -0.1) is 0 Å². The molecule has 2 rings (SSSR count). The van der Waals surface area contributed by atoms with Gasteiger partial charge in [0.15, 0.2) is 0 Å². The highest BCUT2D eigenvalue weighted by Gasteiger charge is 2.15. The summed E-state index contributed by atoms with van der Waals surface area (Å²) >= 11 is 0. The lowest BCUT2D eigenvalue weighted by atomic mass is 10.0. The average molecular weight is 269 g/mol. The summed E-state index contributed by atoms with van der Waals surface area (Å²) in [6.45, 7) is 5.83. The van der Waals surface area contributed by atoms with Crippen LogP contribution in [-0.2, 0) is 0 Å². The Morgan fingerprint density at radius 1 is 1.30 bits per heavy atom. The van der Waals surface area contributed by atoms with E-state index >= 15 is 0 Å². The molecule has 0 aliphatic rings. The van der Waals surface area contributed by atoms with Gasteiger partial charge >= 0.3 is 0 Å². The molecule has 0 radical (unpaired) electrons. The minimum absolute atomic E-state index is 0.0793. The molecule has 0 bridgehead atoms. The van der Waals surface area contributed by atoms with E-state index in [1.165, 1.54) is 6.20 Å². The molecule has 1 amide bonds. The van der Waals surface area contributed by atoms with Crippen LogP contribution in [0, 0.1) is 13.8 Å². The SMILES string of the molecule is Cc1cc(N)c(C(=O)NC(C)c2ccccc2C)cn1. The van der Waals surface area contributed by atoms with Crippen molar-refractivity contribution in [1.82, 2.24) is 10.3 Å². The van der Waals surface area contributed by atoms with Gasteiger partial charge in [0.25, 0.3) is 5.91 Å². The van der Waals surface area contributed by atoms with E-state index in [0.29, 0.717) is 11.3 Å². The second-order valence-corrected chi connectivity index (χ2v) is 4.96. The number of aromatic nitrogens is 1. The van der Waals surface area contributed by atoms with Crippen molar-refractivity contribution in [2.45, 2.75) is 26.8 Å². The van der Waals surface area contributed by atoms with E-state index in [1.54, 1.807) is 6.07 Å². The number of benzene rings is 1. The molecule has 0 spiro atoms. The summed E-state index contributed by atoms with van der Waals surface area (Å²) in [4.78, 5) is 16.4. The lowest BCUT2D eigenvalue weighted by Gasteiger charge is -2.17. The van der Waals surface area contributed by atoms with Crippen LogP contribution in [0.5, 0.6) is 0 Å². The zero-order chi connectivity index (χ0) is 14.7. The summed E-state index contributed by atoms with van der Waals surface area (Å²) in [6, 6.07) is 9.61. The summed E-state index contributed by atoms with van der Waals surface area (Å²) < 4.78 is 0. The number of hydrogen-bond acceptors (Lipinski definition) is 3. The second kappa shape index (κ2) is 5.74. The molecular formula is C16H19N3O. The lowest BCUT2D eigenvalue weighted by molar-refractivity contribution is 0.0940. The maximum absolute atomic E-state index is 12.2. The summed E-state index contributed by atoms with van der Waals surface area (Å²) in [7, 11) is 0. The van der Waals surface area contributed by atoms with Crippen molar-refractivity contribution in [1.29, 1.82) is 0 Å². The van der Waals surface area contributed by atoms with Gasteiger partial charge in [-0.25, -0.2) is 0 Å². The quantitative estimate of drug-likeness (QED) is 0.900. The van der Waals surface area contributed by atoms with Gasteiger partial charge in [-0.1, -0.05) is 24.3 Å². The van der Waals surface area contributed by atoms with Crippen molar-refractivity contribution in [2.24, 2.45) is 0 Å². The fourth-order valence-corrected chi connectivity index (χ4v) is 2.20. The molecule has 1 aromatic heterocycles. The van der Waals surface area contributed by atoms with Gasteiger partial charge in [-0.05, 0) is 38.0 Å². The van der Waals surface area contributed by atoms with Gasteiger partial charge in [0.2, 0.25) is 0 Å². The van der Waals surface area contributed by atoms with Crippen LogP contribution in [0.1, 0.15) is 40.1 Å². The molecule has 0 aliphatic heterocycles. The van der Waals surface area contributed by atoms with E-state index in [0.717, 1.165) is 16.8 Å². The third-order valence-electron chi connectivity index (χ3n) is 3.32. The van der Waals surface area contributed by atoms with Crippen molar-refractivity contribution in [3.05, 3.63) is 58.9 Å². The molecule has 4 heteroatoms. The number of nitrogen functional groups attached to an aromatic ring is 1. The number of carbonyl (C=O) groups is 1. The molecule has 104 valence electrons. The highest BCUT2D eigenvalue weighted by Crippen LogP contribution is 2.18. The molecule has 2 aromatic rings. The Hall–Kier alpha value is -2.36. The maximum Gasteiger partial charge on any atom is 0.255 e. The van der Waals surface area contributed by atoms with E-state index in [-0.39, 0.29) is 11.9 Å². The Morgan fingerprint density at radius 2 is 2.00 bits per heavy atom. The van der Waals surface area contributed by atoms with Gasteiger partial charge in [-0.2, -0.15) is 0 Å². The summed E-state index contributed by atoms with van der Waals surface area (Å²) in [5, 5.41) is 2.95. The van der Waals surface area contributed by atoms with Gasteiger partial charge in [-0.3, -0.25) is 9.78 Å². The number of nitrogens with zero attached hydrogens (tertiary/aromatic N) is 1. The lowest BCUT2D eigenvalue weighted by Crippen LogP contribution is -2.28. The van der Waals surface area contributed by atoms with Crippen molar-refractivity contribution in [2.75, 3.05) is 5.73 Å². The van der Waals surface area contributed by atoms with E-state index in [4.69, 9.17) is 5.73 Å². The molecule has 0 fully saturated rings. The van der Waals surface area contributed by atoms with Crippen molar-refractivity contribution in [3.8, 4) is 0 Å². The zero-order valence-corrected chi connectivity index (χ0v) is 12.0. The fourth-order valence-electron chi connectivity index (χ4n) is 2.20. The van der Waals surface area contributed by atoms with Gasteiger partial charge < -0.3 is 11.1 Å². The monoisotopic (exact) mass is 269 g/mol. The van der Waals surface area contributed by atoms with E-state index in [2.05, 4.69) is 10.3 Å². The molecule has 1 atom stereocenters. The number of carbonyl (C=O) groups excluding carboxylic acids is 1. The predicted octanol–water partition coefficient (Wildman–Crippen LogP) is 2.77. The van der Waals surface area contributed by atoms with Crippen LogP contribution >= 0.6 is 0 Å².